The van der Waals surface area contributed by atoms with E-state index in [0.717, 1.165) is 31.4 Å². The second kappa shape index (κ2) is 15.2. The maximum absolute atomic E-state index is 12.1. The highest BCUT2D eigenvalue weighted by molar-refractivity contribution is 5.96. The first-order valence-electron chi connectivity index (χ1n) is 15.4. The van der Waals surface area contributed by atoms with Gasteiger partial charge in [0.2, 0.25) is 0 Å². The number of nitrogens with zero attached hydrogens (tertiary/aromatic N) is 3. The predicted molar refractivity (Wildman–Crippen MR) is 168 cm³/mol. The molecule has 0 aliphatic heterocycles. The summed E-state index contributed by atoms with van der Waals surface area (Å²) >= 11 is 0. The summed E-state index contributed by atoms with van der Waals surface area (Å²) in [5.74, 6) is 1.31. The van der Waals surface area contributed by atoms with Gasteiger partial charge in [-0.15, -0.1) is 0 Å². The summed E-state index contributed by atoms with van der Waals surface area (Å²) in [6, 6.07) is 22.7. The molecule has 5 rings (SSSR count). The number of carbonyl (C=O) groups excluding carboxylic acids is 2. The SMILES string of the molecule is CCOC(=O)C(C#N)=C(OCC)C1CC(c2ccccc2)C1.CCOC(=O)c1c(C2CC(c3ccccc3)C2)nn(C)c1N. The molecule has 1 aromatic heterocycles. The molecule has 44 heavy (non-hydrogen) atoms. The highest BCUT2D eigenvalue weighted by Gasteiger charge is 2.38. The van der Waals surface area contributed by atoms with Gasteiger partial charge in [0.25, 0.3) is 0 Å². The monoisotopic (exact) mass is 598 g/mol. The van der Waals surface area contributed by atoms with Crippen molar-refractivity contribution in [2.75, 3.05) is 25.6 Å². The van der Waals surface area contributed by atoms with Crippen LogP contribution in [0.25, 0.3) is 0 Å². The van der Waals surface area contributed by atoms with Crippen LogP contribution >= 0.6 is 0 Å². The number of aromatic nitrogens is 2. The Labute approximate surface area is 259 Å². The number of anilines is 1. The summed E-state index contributed by atoms with van der Waals surface area (Å²) < 4.78 is 17.2. The zero-order valence-corrected chi connectivity index (χ0v) is 26.0. The third-order valence-corrected chi connectivity index (χ3v) is 8.31. The number of aryl methyl sites for hydroxylation is 1. The van der Waals surface area contributed by atoms with E-state index in [1.165, 1.54) is 11.1 Å². The maximum Gasteiger partial charge on any atom is 0.352 e. The number of esters is 2. The smallest absolute Gasteiger partial charge is 0.352 e. The van der Waals surface area contributed by atoms with Crippen molar-refractivity contribution in [2.24, 2.45) is 13.0 Å². The molecule has 0 atom stereocenters. The second-order valence-corrected chi connectivity index (χ2v) is 11.0. The average molecular weight is 599 g/mol. The van der Waals surface area contributed by atoms with Crippen LogP contribution in [0, 0.1) is 17.2 Å². The Bertz CT molecular complexity index is 1480. The number of allylic oxidation sites excluding steroid dienone is 1. The van der Waals surface area contributed by atoms with Crippen LogP contribution in [-0.4, -0.2) is 41.5 Å². The van der Waals surface area contributed by atoms with E-state index in [-0.39, 0.29) is 30.0 Å². The molecule has 9 heteroatoms. The Morgan fingerprint density at radius 3 is 1.86 bits per heavy atom. The molecule has 2 aliphatic rings. The van der Waals surface area contributed by atoms with Crippen LogP contribution in [0.4, 0.5) is 5.82 Å². The Morgan fingerprint density at radius 2 is 1.36 bits per heavy atom. The summed E-state index contributed by atoms with van der Waals surface area (Å²) in [6.07, 6.45) is 3.77. The van der Waals surface area contributed by atoms with Gasteiger partial charge in [-0.3, -0.25) is 4.68 Å². The number of nitrogens with two attached hydrogens (primary N) is 1. The van der Waals surface area contributed by atoms with Gasteiger partial charge in [-0.1, -0.05) is 60.7 Å². The van der Waals surface area contributed by atoms with E-state index in [2.05, 4.69) is 41.5 Å². The fourth-order valence-electron chi connectivity index (χ4n) is 5.88. The van der Waals surface area contributed by atoms with Crippen LogP contribution in [0.5, 0.6) is 0 Å². The standard InChI is InChI=1S/C18H21NO3.C17H21N3O2/c1-3-21-17(16(12-19)18(20)22-4-2)15-10-14(11-15)13-8-6-5-7-9-13;1-3-22-17(21)14-15(19-20(2)16(14)18)13-9-12(10-13)11-7-5-4-6-8-11/h5-9,14-15H,3-4,10-11H2,1-2H3;4-8,12-13H,3,9-10,18H2,1-2H3. The fourth-order valence-corrected chi connectivity index (χ4v) is 5.88. The molecule has 2 aromatic carbocycles. The largest absolute Gasteiger partial charge is 0.496 e. The van der Waals surface area contributed by atoms with Crippen LogP contribution in [0.3, 0.4) is 0 Å². The van der Waals surface area contributed by atoms with Gasteiger partial charge >= 0.3 is 11.9 Å². The van der Waals surface area contributed by atoms with Gasteiger partial charge in [0.05, 0.1) is 25.5 Å². The number of nitriles is 1. The first-order chi connectivity index (χ1) is 21.3. The third-order valence-electron chi connectivity index (χ3n) is 8.31. The van der Waals surface area contributed by atoms with Gasteiger partial charge in [0.15, 0.2) is 5.57 Å². The number of nitrogen functional groups attached to an aromatic ring is 1. The average Bonchev–Trinajstić information content (AvgIpc) is 3.27. The zero-order valence-electron chi connectivity index (χ0n) is 26.0. The lowest BCUT2D eigenvalue weighted by atomic mass is 9.69. The molecule has 9 nitrogen and oxygen atoms in total. The Kier molecular flexibility index (Phi) is 11.2. The molecule has 0 radical (unpaired) electrons. The van der Waals surface area contributed by atoms with Gasteiger partial charge in [-0.25, -0.2) is 9.59 Å². The van der Waals surface area contributed by atoms with E-state index >= 15 is 0 Å². The highest BCUT2D eigenvalue weighted by atomic mass is 16.5. The van der Waals surface area contributed by atoms with Gasteiger partial charge in [0, 0.05) is 18.9 Å². The first-order valence-corrected chi connectivity index (χ1v) is 15.4. The van der Waals surface area contributed by atoms with E-state index in [1.54, 1.807) is 25.6 Å². The van der Waals surface area contributed by atoms with Crippen LogP contribution in [0.2, 0.25) is 0 Å². The van der Waals surface area contributed by atoms with Crippen LogP contribution < -0.4 is 5.73 Å². The lowest BCUT2D eigenvalue weighted by Crippen LogP contribution is -2.27. The predicted octanol–water partition coefficient (Wildman–Crippen LogP) is 6.40. The number of hydrogen-bond acceptors (Lipinski definition) is 8. The molecule has 0 saturated heterocycles. The molecule has 2 fully saturated rings. The number of carbonyl (C=O) groups is 2. The molecule has 2 N–H and O–H groups in total. The normalized spacial score (nSPS) is 20.8. The summed E-state index contributed by atoms with van der Waals surface area (Å²) in [5.41, 5.74) is 9.88. The molecule has 232 valence electrons. The molecule has 2 aliphatic carbocycles. The minimum absolute atomic E-state index is 0.0141. The van der Waals surface area contributed by atoms with Gasteiger partial charge < -0.3 is 19.9 Å². The maximum atomic E-state index is 12.1. The Hall–Kier alpha value is -4.58. The van der Waals surface area contributed by atoms with Crippen molar-refractivity contribution in [3.63, 3.8) is 0 Å². The number of ether oxygens (including phenoxy) is 3. The summed E-state index contributed by atoms with van der Waals surface area (Å²) in [4.78, 5) is 24.0. The minimum Gasteiger partial charge on any atom is -0.496 e. The molecule has 0 bridgehead atoms. The molecule has 1 heterocycles. The fraction of sp³-hybridized carbons (Fsp3) is 0.429. The summed E-state index contributed by atoms with van der Waals surface area (Å²) in [6.45, 7) is 6.39. The molecule has 3 aromatic rings. The van der Waals surface area contributed by atoms with Gasteiger partial charge in [-0.2, -0.15) is 10.4 Å². The number of benzene rings is 2. The Morgan fingerprint density at radius 1 is 0.841 bits per heavy atom. The third kappa shape index (κ3) is 7.31. The Balaban J connectivity index is 0.000000201. The van der Waals surface area contributed by atoms with E-state index in [1.807, 2.05) is 37.3 Å². The van der Waals surface area contributed by atoms with Crippen molar-refractivity contribution in [1.29, 1.82) is 5.26 Å². The van der Waals surface area contributed by atoms with Crippen molar-refractivity contribution < 1.29 is 23.8 Å². The van der Waals surface area contributed by atoms with Crippen LogP contribution in [0.1, 0.15) is 91.4 Å². The molecule has 0 unspecified atom stereocenters. The van der Waals surface area contributed by atoms with Crippen LogP contribution in [0.15, 0.2) is 72.0 Å². The first kappa shape index (κ1) is 32.3. The van der Waals surface area contributed by atoms with Crippen molar-refractivity contribution in [2.45, 2.75) is 64.2 Å². The lowest BCUT2D eigenvalue weighted by Gasteiger charge is -2.37. The minimum atomic E-state index is -0.586. The molecular weight excluding hydrogens is 556 g/mol. The van der Waals surface area contributed by atoms with Gasteiger partial charge in [0.1, 0.15) is 23.2 Å². The zero-order chi connectivity index (χ0) is 31.6. The van der Waals surface area contributed by atoms with Crippen molar-refractivity contribution in [3.05, 3.63) is 94.4 Å². The van der Waals surface area contributed by atoms with Crippen LogP contribution in [-0.2, 0) is 26.1 Å². The quantitative estimate of drug-likeness (QED) is 0.123. The highest BCUT2D eigenvalue weighted by Crippen LogP contribution is 2.49. The summed E-state index contributed by atoms with van der Waals surface area (Å²) in [7, 11) is 1.76. The second-order valence-electron chi connectivity index (χ2n) is 11.0. The van der Waals surface area contributed by atoms with Crippen molar-refractivity contribution >= 4 is 17.8 Å². The van der Waals surface area contributed by atoms with E-state index in [4.69, 9.17) is 19.9 Å². The molecule has 0 spiro atoms. The molecule has 0 amide bonds. The lowest BCUT2D eigenvalue weighted by molar-refractivity contribution is -0.138. The van der Waals surface area contributed by atoms with E-state index < -0.39 is 5.97 Å². The van der Waals surface area contributed by atoms with E-state index in [0.29, 0.717) is 42.2 Å². The number of rotatable bonds is 10. The summed E-state index contributed by atoms with van der Waals surface area (Å²) in [5, 5.41) is 13.7. The van der Waals surface area contributed by atoms with Crippen molar-refractivity contribution in [3.8, 4) is 6.07 Å². The van der Waals surface area contributed by atoms with Crippen molar-refractivity contribution in [1.82, 2.24) is 9.78 Å². The topological polar surface area (TPSA) is 129 Å². The van der Waals surface area contributed by atoms with Gasteiger partial charge in [-0.05, 0) is 69.4 Å². The molecule has 2 saturated carbocycles. The molecular formula is C35H42N4O5. The van der Waals surface area contributed by atoms with E-state index in [9.17, 15) is 14.9 Å². The number of hydrogen-bond donors (Lipinski definition) is 1.